The molecule has 4 heteroatoms. The highest BCUT2D eigenvalue weighted by atomic mass is 31.2. The third-order valence-electron chi connectivity index (χ3n) is 2.13. The summed E-state index contributed by atoms with van der Waals surface area (Å²) in [5, 5.41) is 0. The van der Waals surface area contributed by atoms with Crippen LogP contribution in [0.4, 0.5) is 0 Å². The number of rotatable bonds is 3. The van der Waals surface area contributed by atoms with E-state index in [1.165, 1.54) is 0 Å². The van der Waals surface area contributed by atoms with Gasteiger partial charge in [-0.15, -0.1) is 0 Å². The Bertz CT molecular complexity index is 164. The second kappa shape index (κ2) is 4.20. The van der Waals surface area contributed by atoms with Gasteiger partial charge in [0, 0.05) is 0 Å². The number of carbonyl (C=O) groups is 1. The second-order valence-corrected chi connectivity index (χ2v) is 6.61. The minimum Gasteiger partial charge on any atom is -0.466 e. The summed E-state index contributed by atoms with van der Waals surface area (Å²) in [5.74, 6) is -0.227. The topological polar surface area (TPSA) is 46.5 Å². The van der Waals surface area contributed by atoms with Crippen molar-refractivity contribution in [1.82, 2.24) is 0 Å². The zero-order valence-corrected chi connectivity index (χ0v) is 8.35. The lowest BCUT2D eigenvalue weighted by atomic mass is 10.4. The van der Waals surface area contributed by atoms with Crippen LogP contribution < -0.4 is 0 Å². The van der Waals surface area contributed by atoms with E-state index in [1.807, 2.05) is 0 Å². The van der Waals surface area contributed by atoms with Gasteiger partial charge >= 0.3 is 5.97 Å². The summed E-state index contributed by atoms with van der Waals surface area (Å²) in [6, 6.07) is 0. The SMILES string of the molecule is CCOC(=O)C[P]1(O)CCCC1. The first-order chi connectivity index (χ1) is 5.66. The van der Waals surface area contributed by atoms with Crippen molar-refractivity contribution >= 4 is 13.5 Å². The maximum Gasteiger partial charge on any atom is 0.312 e. The molecule has 1 heterocycles. The molecule has 0 aliphatic carbocycles. The van der Waals surface area contributed by atoms with Crippen LogP contribution in [0.25, 0.3) is 0 Å². The van der Waals surface area contributed by atoms with Gasteiger partial charge in [-0.2, -0.15) is 0 Å². The monoisotopic (exact) mass is 191 g/mol. The van der Waals surface area contributed by atoms with Crippen molar-refractivity contribution in [2.45, 2.75) is 19.8 Å². The molecular weight excluding hydrogens is 175 g/mol. The molecule has 0 aromatic heterocycles. The van der Waals surface area contributed by atoms with Crippen LogP contribution in [0, 0.1) is 0 Å². The molecular formula is C8H16O3P. The maximum atomic E-state index is 11.0. The number of esters is 1. The first-order valence-corrected chi connectivity index (χ1v) is 6.70. The molecule has 0 amide bonds. The number of ether oxygens (including phenoxy) is 1. The van der Waals surface area contributed by atoms with Gasteiger partial charge < -0.3 is 9.63 Å². The van der Waals surface area contributed by atoms with E-state index in [9.17, 15) is 9.69 Å². The predicted octanol–water partition coefficient (Wildman–Crippen LogP) is 1.27. The van der Waals surface area contributed by atoms with E-state index in [0.717, 1.165) is 25.2 Å². The summed E-state index contributed by atoms with van der Waals surface area (Å²) in [6.45, 7) is 2.20. The van der Waals surface area contributed by atoms with Gasteiger partial charge in [-0.05, 0) is 39.6 Å². The van der Waals surface area contributed by atoms with Crippen LogP contribution in [0.2, 0.25) is 0 Å². The minimum atomic E-state index is -1.88. The van der Waals surface area contributed by atoms with Crippen LogP contribution in [0.3, 0.4) is 0 Å². The summed E-state index contributed by atoms with van der Waals surface area (Å²) >= 11 is 0. The van der Waals surface area contributed by atoms with Crippen molar-refractivity contribution in [2.24, 2.45) is 0 Å². The van der Waals surface area contributed by atoms with E-state index < -0.39 is 7.49 Å². The fraction of sp³-hybridized carbons (Fsp3) is 0.875. The van der Waals surface area contributed by atoms with Gasteiger partial charge in [-0.3, -0.25) is 4.79 Å². The molecule has 1 aliphatic heterocycles. The lowest BCUT2D eigenvalue weighted by molar-refractivity contribution is -0.140. The lowest BCUT2D eigenvalue weighted by Gasteiger charge is -2.22. The Labute approximate surface area is 73.5 Å². The summed E-state index contributed by atoms with van der Waals surface area (Å²) in [6.07, 6.45) is 4.13. The summed E-state index contributed by atoms with van der Waals surface area (Å²) in [7, 11) is -1.88. The quantitative estimate of drug-likeness (QED) is 0.539. The molecule has 1 fully saturated rings. The predicted molar refractivity (Wildman–Crippen MR) is 49.6 cm³/mol. The van der Waals surface area contributed by atoms with Crippen molar-refractivity contribution in [3.8, 4) is 0 Å². The molecule has 1 saturated heterocycles. The number of hydrogen-bond acceptors (Lipinski definition) is 3. The van der Waals surface area contributed by atoms with Gasteiger partial charge in [0.2, 0.25) is 0 Å². The molecule has 0 spiro atoms. The highest BCUT2D eigenvalue weighted by molar-refractivity contribution is 7.71. The Morgan fingerprint density at radius 2 is 2.08 bits per heavy atom. The number of hydrogen-bond donors (Lipinski definition) is 1. The van der Waals surface area contributed by atoms with Crippen LogP contribution in [0.5, 0.6) is 0 Å². The molecule has 1 radical (unpaired) electrons. The normalized spacial score (nSPS) is 20.8. The van der Waals surface area contributed by atoms with E-state index >= 15 is 0 Å². The highest BCUT2D eigenvalue weighted by Gasteiger charge is 2.31. The van der Waals surface area contributed by atoms with E-state index in [4.69, 9.17) is 4.74 Å². The Balaban J connectivity index is 2.33. The zero-order chi connectivity index (χ0) is 9.03. The third-order valence-corrected chi connectivity index (χ3v) is 5.27. The van der Waals surface area contributed by atoms with Gasteiger partial charge in [0.25, 0.3) is 0 Å². The summed E-state index contributed by atoms with van der Waals surface area (Å²) in [4.78, 5) is 20.9. The Morgan fingerprint density at radius 3 is 2.58 bits per heavy atom. The average molecular weight is 191 g/mol. The fourth-order valence-electron chi connectivity index (χ4n) is 1.53. The van der Waals surface area contributed by atoms with Crippen molar-refractivity contribution in [1.29, 1.82) is 0 Å². The molecule has 0 saturated carbocycles. The Kier molecular flexibility index (Phi) is 3.48. The van der Waals surface area contributed by atoms with Gasteiger partial charge in [0.1, 0.15) is 0 Å². The van der Waals surface area contributed by atoms with Crippen molar-refractivity contribution in [2.75, 3.05) is 25.1 Å². The van der Waals surface area contributed by atoms with Crippen molar-refractivity contribution in [3.05, 3.63) is 0 Å². The van der Waals surface area contributed by atoms with Gasteiger partial charge in [0.15, 0.2) is 0 Å². The second-order valence-electron chi connectivity index (χ2n) is 3.21. The molecule has 0 aromatic carbocycles. The molecule has 1 rings (SSSR count). The van der Waals surface area contributed by atoms with Crippen molar-refractivity contribution in [3.63, 3.8) is 0 Å². The van der Waals surface area contributed by atoms with Gasteiger partial charge in [-0.25, -0.2) is 0 Å². The molecule has 12 heavy (non-hydrogen) atoms. The van der Waals surface area contributed by atoms with Crippen LogP contribution in [-0.2, 0) is 9.53 Å². The molecule has 3 nitrogen and oxygen atoms in total. The molecule has 0 aromatic rings. The lowest BCUT2D eigenvalue weighted by Crippen LogP contribution is -2.14. The highest BCUT2D eigenvalue weighted by Crippen LogP contribution is 2.59. The number of carbonyl (C=O) groups excluding carboxylic acids is 1. The summed E-state index contributed by atoms with van der Waals surface area (Å²) < 4.78 is 4.80. The molecule has 0 unspecified atom stereocenters. The van der Waals surface area contributed by atoms with Gasteiger partial charge in [0.05, 0.1) is 12.8 Å². The molecule has 71 valence electrons. The van der Waals surface area contributed by atoms with Crippen LogP contribution in [0.15, 0.2) is 0 Å². The first-order valence-electron chi connectivity index (χ1n) is 4.41. The van der Waals surface area contributed by atoms with Crippen LogP contribution >= 0.6 is 7.49 Å². The summed E-state index contributed by atoms with van der Waals surface area (Å²) in [5.41, 5.74) is 0. The van der Waals surface area contributed by atoms with Crippen LogP contribution in [0.1, 0.15) is 19.8 Å². The maximum absolute atomic E-state index is 11.0. The average Bonchev–Trinajstić information content (AvgIpc) is 2.36. The largest absolute Gasteiger partial charge is 0.466 e. The van der Waals surface area contributed by atoms with Crippen molar-refractivity contribution < 1.29 is 14.4 Å². The minimum absolute atomic E-state index is 0.227. The van der Waals surface area contributed by atoms with E-state index in [1.54, 1.807) is 6.92 Å². The molecule has 1 N–H and O–H groups in total. The first kappa shape index (κ1) is 9.94. The smallest absolute Gasteiger partial charge is 0.312 e. The van der Waals surface area contributed by atoms with E-state index in [0.29, 0.717) is 6.61 Å². The van der Waals surface area contributed by atoms with Crippen LogP contribution in [-0.4, -0.2) is 36.0 Å². The Hall–Kier alpha value is -0.140. The third kappa shape index (κ3) is 2.72. The van der Waals surface area contributed by atoms with Gasteiger partial charge in [-0.1, -0.05) is 0 Å². The Morgan fingerprint density at radius 1 is 1.50 bits per heavy atom. The molecule has 0 atom stereocenters. The standard InChI is InChI=1S/C8H16O3P/c1-2-11-8(9)7-12(10)5-3-4-6-12/h10H,2-7H2,1H3. The zero-order valence-electron chi connectivity index (χ0n) is 7.45. The molecule has 0 bridgehead atoms. The van der Waals surface area contributed by atoms with E-state index in [-0.39, 0.29) is 12.1 Å². The van der Waals surface area contributed by atoms with E-state index in [2.05, 4.69) is 0 Å². The molecule has 1 aliphatic rings. The fourth-order valence-corrected chi connectivity index (χ4v) is 4.27.